The standard InChI is InChI=1S/C49H39N3Si2/c1-53(2)41-26-16-14-24-37(41)45-39(32-18-8-5-9-19-32)28-35(30-43(45)53)48-50-47(34-22-12-7-13-23-34)51-49(52-48)36-29-40(33-20-10-6-11-21-33)46-38-25-15-17-27-42(38)54(3,4)44(46)31-36/h5-31H,1-4H3. The lowest BCUT2D eigenvalue weighted by Gasteiger charge is -2.21. The van der Waals surface area contributed by atoms with Gasteiger partial charge in [-0.25, -0.2) is 15.0 Å². The van der Waals surface area contributed by atoms with Crippen LogP contribution in [0.3, 0.4) is 0 Å². The monoisotopic (exact) mass is 725 g/mol. The van der Waals surface area contributed by atoms with Crippen LogP contribution in [0, 0.1) is 0 Å². The molecule has 10 rings (SSSR count). The van der Waals surface area contributed by atoms with Gasteiger partial charge in [0.1, 0.15) is 16.1 Å². The number of rotatable bonds is 5. The van der Waals surface area contributed by atoms with Crippen molar-refractivity contribution in [3.05, 3.63) is 164 Å². The topological polar surface area (TPSA) is 38.7 Å². The van der Waals surface area contributed by atoms with E-state index in [0.29, 0.717) is 17.5 Å². The molecule has 7 aromatic carbocycles. The van der Waals surface area contributed by atoms with E-state index in [1.54, 1.807) is 0 Å². The van der Waals surface area contributed by atoms with Gasteiger partial charge < -0.3 is 0 Å². The van der Waals surface area contributed by atoms with E-state index in [1.165, 1.54) is 65.3 Å². The summed E-state index contributed by atoms with van der Waals surface area (Å²) in [6.07, 6.45) is 0. The summed E-state index contributed by atoms with van der Waals surface area (Å²) in [6.45, 7) is 9.90. The van der Waals surface area contributed by atoms with E-state index < -0.39 is 16.1 Å². The first-order valence-corrected chi connectivity index (χ1v) is 24.8. The minimum Gasteiger partial charge on any atom is -0.208 e. The molecule has 3 heterocycles. The molecule has 0 spiro atoms. The van der Waals surface area contributed by atoms with E-state index in [0.717, 1.165) is 16.7 Å². The molecule has 0 N–H and O–H groups in total. The van der Waals surface area contributed by atoms with E-state index in [4.69, 9.17) is 15.0 Å². The Balaban J connectivity index is 1.24. The lowest BCUT2D eigenvalue weighted by atomic mass is 9.92. The highest BCUT2D eigenvalue weighted by Gasteiger charge is 2.41. The van der Waals surface area contributed by atoms with E-state index in [-0.39, 0.29) is 0 Å². The zero-order valence-corrected chi connectivity index (χ0v) is 32.9. The van der Waals surface area contributed by atoms with Gasteiger partial charge in [-0.15, -0.1) is 0 Å². The molecule has 0 fully saturated rings. The van der Waals surface area contributed by atoms with Crippen LogP contribution in [0.2, 0.25) is 26.2 Å². The molecule has 2 aliphatic heterocycles. The molecule has 0 bridgehead atoms. The van der Waals surface area contributed by atoms with Crippen LogP contribution < -0.4 is 20.7 Å². The summed E-state index contributed by atoms with van der Waals surface area (Å²) in [5.41, 5.74) is 13.3. The molecule has 5 heteroatoms. The molecular weight excluding hydrogens is 687 g/mol. The fraction of sp³-hybridized carbons (Fsp3) is 0.0816. The highest BCUT2D eigenvalue weighted by Crippen LogP contribution is 2.41. The maximum atomic E-state index is 5.42. The van der Waals surface area contributed by atoms with Gasteiger partial charge in [0.15, 0.2) is 17.5 Å². The predicted molar refractivity (Wildman–Crippen MR) is 231 cm³/mol. The van der Waals surface area contributed by atoms with E-state index >= 15 is 0 Å². The number of hydrogen-bond donors (Lipinski definition) is 0. The Labute approximate surface area is 319 Å². The van der Waals surface area contributed by atoms with Crippen LogP contribution in [0.15, 0.2) is 164 Å². The maximum Gasteiger partial charge on any atom is 0.164 e. The van der Waals surface area contributed by atoms with Gasteiger partial charge in [0.25, 0.3) is 0 Å². The molecule has 54 heavy (non-hydrogen) atoms. The van der Waals surface area contributed by atoms with Gasteiger partial charge in [-0.05, 0) is 77.4 Å². The van der Waals surface area contributed by atoms with Crippen molar-refractivity contribution in [3.8, 4) is 78.7 Å². The summed E-state index contributed by atoms with van der Waals surface area (Å²) >= 11 is 0. The van der Waals surface area contributed by atoms with Crippen LogP contribution in [0.25, 0.3) is 78.7 Å². The average molecular weight is 726 g/mol. The fourth-order valence-electron chi connectivity index (χ4n) is 8.93. The summed E-state index contributed by atoms with van der Waals surface area (Å²) in [4.78, 5) is 16.0. The third-order valence-electron chi connectivity index (χ3n) is 11.7. The largest absolute Gasteiger partial charge is 0.208 e. The Morgan fingerprint density at radius 2 is 0.630 bits per heavy atom. The van der Waals surface area contributed by atoms with E-state index in [2.05, 4.69) is 184 Å². The number of aromatic nitrogens is 3. The van der Waals surface area contributed by atoms with E-state index in [1.807, 2.05) is 6.07 Å². The molecule has 0 aliphatic carbocycles. The van der Waals surface area contributed by atoms with Gasteiger partial charge in [0, 0.05) is 16.7 Å². The fourth-order valence-corrected chi connectivity index (χ4v) is 15.1. The van der Waals surface area contributed by atoms with Gasteiger partial charge in [0.05, 0.1) is 0 Å². The van der Waals surface area contributed by atoms with Gasteiger partial charge in [-0.1, -0.05) is 178 Å². The van der Waals surface area contributed by atoms with Gasteiger partial charge in [-0.3, -0.25) is 0 Å². The van der Waals surface area contributed by atoms with Crippen molar-refractivity contribution in [1.29, 1.82) is 0 Å². The van der Waals surface area contributed by atoms with Crippen molar-refractivity contribution in [3.63, 3.8) is 0 Å². The second kappa shape index (κ2) is 12.3. The lowest BCUT2D eigenvalue weighted by molar-refractivity contribution is 1.07. The van der Waals surface area contributed by atoms with Gasteiger partial charge in [0.2, 0.25) is 0 Å². The Bertz CT molecular complexity index is 2590. The van der Waals surface area contributed by atoms with Crippen molar-refractivity contribution < 1.29 is 0 Å². The third kappa shape index (κ3) is 5.03. The normalized spacial score (nSPS) is 14.2. The van der Waals surface area contributed by atoms with Crippen LogP contribution in [-0.2, 0) is 0 Å². The highest BCUT2D eigenvalue weighted by atomic mass is 28.3. The zero-order valence-electron chi connectivity index (χ0n) is 30.9. The molecule has 3 nitrogen and oxygen atoms in total. The van der Waals surface area contributed by atoms with Crippen molar-refractivity contribution in [2.24, 2.45) is 0 Å². The quantitative estimate of drug-likeness (QED) is 0.166. The molecule has 0 atom stereocenters. The molecule has 0 amide bonds. The second-order valence-corrected chi connectivity index (χ2v) is 24.3. The summed E-state index contributed by atoms with van der Waals surface area (Å²) < 4.78 is 0. The smallest absolute Gasteiger partial charge is 0.164 e. The average Bonchev–Trinajstić information content (AvgIpc) is 3.60. The summed E-state index contributed by atoms with van der Waals surface area (Å²) in [5, 5.41) is 5.82. The Kier molecular flexibility index (Phi) is 7.41. The Hall–Kier alpha value is -6.02. The number of fused-ring (bicyclic) bond motifs is 6. The second-order valence-electron chi connectivity index (χ2n) is 15.6. The maximum absolute atomic E-state index is 5.42. The molecular formula is C49H39N3Si2. The SMILES string of the molecule is C[Si]1(C)c2ccccc2-c2c(-c3ccccc3)cc(-c3nc(-c4ccccc4)nc(-c4cc(-c5ccccc5)c5c(c4)[Si](C)(C)c4ccccc4-5)n3)cc21. The van der Waals surface area contributed by atoms with Crippen molar-refractivity contribution in [2.75, 3.05) is 0 Å². The van der Waals surface area contributed by atoms with Gasteiger partial charge >= 0.3 is 0 Å². The molecule has 0 saturated heterocycles. The number of hydrogen-bond acceptors (Lipinski definition) is 3. The first kappa shape index (κ1) is 32.6. The highest BCUT2D eigenvalue weighted by molar-refractivity contribution is 7.04. The molecule has 0 saturated carbocycles. The minimum absolute atomic E-state index is 0.679. The lowest BCUT2D eigenvalue weighted by Crippen LogP contribution is -2.49. The number of nitrogens with zero attached hydrogens (tertiary/aromatic N) is 3. The molecule has 0 unspecified atom stereocenters. The molecule has 8 aromatic rings. The molecule has 0 radical (unpaired) electrons. The third-order valence-corrected chi connectivity index (χ3v) is 18.8. The van der Waals surface area contributed by atoms with Crippen molar-refractivity contribution >= 4 is 36.9 Å². The first-order chi connectivity index (χ1) is 26.3. The zero-order chi connectivity index (χ0) is 36.6. The van der Waals surface area contributed by atoms with Crippen LogP contribution in [-0.4, -0.2) is 31.1 Å². The van der Waals surface area contributed by atoms with Gasteiger partial charge in [-0.2, -0.15) is 0 Å². The Morgan fingerprint density at radius 1 is 0.296 bits per heavy atom. The van der Waals surface area contributed by atoms with Crippen molar-refractivity contribution in [2.45, 2.75) is 26.2 Å². The minimum atomic E-state index is -2.04. The van der Waals surface area contributed by atoms with Crippen LogP contribution in [0.4, 0.5) is 0 Å². The molecule has 2 aliphatic rings. The van der Waals surface area contributed by atoms with E-state index in [9.17, 15) is 0 Å². The number of benzene rings is 7. The first-order valence-electron chi connectivity index (χ1n) is 18.8. The predicted octanol–water partition coefficient (Wildman–Crippen LogP) is 9.81. The summed E-state index contributed by atoms with van der Waals surface area (Å²) in [6, 6.07) is 59.4. The Morgan fingerprint density at radius 3 is 1.04 bits per heavy atom. The summed E-state index contributed by atoms with van der Waals surface area (Å²) in [5.74, 6) is 2.07. The molecule has 1 aromatic heterocycles. The van der Waals surface area contributed by atoms with Crippen LogP contribution >= 0.6 is 0 Å². The van der Waals surface area contributed by atoms with Crippen molar-refractivity contribution in [1.82, 2.24) is 15.0 Å². The van der Waals surface area contributed by atoms with Crippen LogP contribution in [0.5, 0.6) is 0 Å². The molecule has 258 valence electrons. The summed E-state index contributed by atoms with van der Waals surface area (Å²) in [7, 11) is -4.07. The van der Waals surface area contributed by atoms with Crippen LogP contribution in [0.1, 0.15) is 0 Å².